The van der Waals surface area contributed by atoms with E-state index in [-0.39, 0.29) is 17.6 Å². The molecule has 0 atom stereocenters. The largest absolute Gasteiger partial charge is 0.495 e. The van der Waals surface area contributed by atoms with E-state index in [0.717, 1.165) is 15.3 Å². The summed E-state index contributed by atoms with van der Waals surface area (Å²) in [5.41, 5.74) is 1.78. The van der Waals surface area contributed by atoms with E-state index in [4.69, 9.17) is 4.74 Å². The molecule has 5 nitrogen and oxygen atoms in total. The van der Waals surface area contributed by atoms with Crippen LogP contribution in [0.4, 0.5) is 10.1 Å². The maximum atomic E-state index is 13.1. The number of anilines is 1. The van der Waals surface area contributed by atoms with Crippen LogP contribution >= 0.6 is 11.3 Å². The standard InChI is InChI=1S/C23H21FN2O3S/c1-26(2)23(28)16-6-11-20(29-3)19(14-16)25-22(27)13-10-18-9-12-21(30-18)15-4-7-17(24)8-5-15/h4-14H,1-3H3,(H,25,27). The van der Waals surface area contributed by atoms with Crippen LogP contribution in [0.2, 0.25) is 0 Å². The van der Waals surface area contributed by atoms with Crippen molar-refractivity contribution in [2.45, 2.75) is 0 Å². The molecule has 0 spiro atoms. The molecule has 0 aliphatic rings. The van der Waals surface area contributed by atoms with E-state index in [1.165, 1.54) is 41.6 Å². The Bertz CT molecular complexity index is 1090. The first-order valence-corrected chi connectivity index (χ1v) is 9.93. The van der Waals surface area contributed by atoms with E-state index in [9.17, 15) is 14.0 Å². The molecule has 0 saturated carbocycles. The monoisotopic (exact) mass is 424 g/mol. The molecule has 0 unspecified atom stereocenters. The highest BCUT2D eigenvalue weighted by molar-refractivity contribution is 7.16. The molecule has 0 bridgehead atoms. The van der Waals surface area contributed by atoms with Gasteiger partial charge in [0, 0.05) is 35.5 Å². The molecule has 3 aromatic rings. The Balaban J connectivity index is 1.72. The van der Waals surface area contributed by atoms with Crippen LogP contribution in [0.5, 0.6) is 5.75 Å². The second kappa shape index (κ2) is 9.37. The molecular weight excluding hydrogens is 403 g/mol. The van der Waals surface area contributed by atoms with Gasteiger partial charge in [-0.05, 0) is 54.1 Å². The van der Waals surface area contributed by atoms with Gasteiger partial charge in [0.15, 0.2) is 0 Å². The van der Waals surface area contributed by atoms with Crippen molar-refractivity contribution in [2.24, 2.45) is 0 Å². The highest BCUT2D eigenvalue weighted by Gasteiger charge is 2.13. The zero-order valence-electron chi connectivity index (χ0n) is 16.8. The Morgan fingerprint density at radius 1 is 1.07 bits per heavy atom. The Morgan fingerprint density at radius 2 is 1.80 bits per heavy atom. The number of benzene rings is 2. The number of halogens is 1. The van der Waals surface area contributed by atoms with Crippen molar-refractivity contribution >= 4 is 34.9 Å². The summed E-state index contributed by atoms with van der Waals surface area (Å²) < 4.78 is 18.4. The highest BCUT2D eigenvalue weighted by atomic mass is 32.1. The number of thiophene rings is 1. The topological polar surface area (TPSA) is 58.6 Å². The summed E-state index contributed by atoms with van der Waals surface area (Å²) in [6.45, 7) is 0. The first-order chi connectivity index (χ1) is 14.4. The smallest absolute Gasteiger partial charge is 0.253 e. The van der Waals surface area contributed by atoms with Crippen molar-refractivity contribution in [2.75, 3.05) is 26.5 Å². The molecular formula is C23H21FN2O3S. The van der Waals surface area contributed by atoms with Gasteiger partial charge in [-0.25, -0.2) is 4.39 Å². The zero-order valence-corrected chi connectivity index (χ0v) is 17.6. The molecule has 0 aliphatic heterocycles. The van der Waals surface area contributed by atoms with Gasteiger partial charge in [0.2, 0.25) is 5.91 Å². The van der Waals surface area contributed by atoms with Crippen molar-refractivity contribution in [1.29, 1.82) is 0 Å². The van der Waals surface area contributed by atoms with Crippen LogP contribution in [-0.4, -0.2) is 37.9 Å². The third kappa shape index (κ3) is 5.12. The summed E-state index contributed by atoms with van der Waals surface area (Å²) in [6, 6.07) is 15.0. The van der Waals surface area contributed by atoms with Crippen LogP contribution in [0.15, 0.2) is 60.7 Å². The number of methoxy groups -OCH3 is 1. The molecule has 7 heteroatoms. The molecule has 0 fully saturated rings. The number of amides is 2. The van der Waals surface area contributed by atoms with Gasteiger partial charge in [-0.2, -0.15) is 0 Å². The summed E-state index contributed by atoms with van der Waals surface area (Å²) in [6.07, 6.45) is 3.12. The van der Waals surface area contributed by atoms with E-state index >= 15 is 0 Å². The molecule has 1 N–H and O–H groups in total. The molecule has 154 valence electrons. The predicted molar refractivity (Wildman–Crippen MR) is 118 cm³/mol. The maximum absolute atomic E-state index is 13.1. The van der Waals surface area contributed by atoms with E-state index in [1.54, 1.807) is 50.5 Å². The zero-order chi connectivity index (χ0) is 21.7. The number of carbonyl (C=O) groups excluding carboxylic acids is 2. The minimum Gasteiger partial charge on any atom is -0.495 e. The molecule has 0 aliphatic carbocycles. The lowest BCUT2D eigenvalue weighted by Gasteiger charge is -2.13. The highest BCUT2D eigenvalue weighted by Crippen LogP contribution is 2.29. The van der Waals surface area contributed by atoms with Crippen molar-refractivity contribution in [3.8, 4) is 16.2 Å². The fraction of sp³-hybridized carbons (Fsp3) is 0.130. The van der Waals surface area contributed by atoms with Crippen LogP contribution in [0.3, 0.4) is 0 Å². The van der Waals surface area contributed by atoms with Gasteiger partial charge in [-0.15, -0.1) is 11.3 Å². The van der Waals surface area contributed by atoms with Gasteiger partial charge in [0.1, 0.15) is 11.6 Å². The summed E-state index contributed by atoms with van der Waals surface area (Å²) in [4.78, 5) is 27.9. The molecule has 1 aromatic heterocycles. The van der Waals surface area contributed by atoms with Gasteiger partial charge < -0.3 is 15.0 Å². The van der Waals surface area contributed by atoms with Gasteiger partial charge in [-0.1, -0.05) is 12.1 Å². The van der Waals surface area contributed by atoms with E-state index in [1.807, 2.05) is 12.1 Å². The number of nitrogens with zero attached hydrogens (tertiary/aromatic N) is 1. The van der Waals surface area contributed by atoms with Crippen LogP contribution in [0, 0.1) is 5.82 Å². The fourth-order valence-electron chi connectivity index (χ4n) is 2.74. The van der Waals surface area contributed by atoms with Crippen LogP contribution < -0.4 is 10.1 Å². The van der Waals surface area contributed by atoms with Gasteiger partial charge in [0.25, 0.3) is 5.91 Å². The van der Waals surface area contributed by atoms with Crippen molar-refractivity contribution in [3.63, 3.8) is 0 Å². The molecule has 3 rings (SSSR count). The number of nitrogens with one attached hydrogen (secondary N) is 1. The van der Waals surface area contributed by atoms with E-state index in [0.29, 0.717) is 17.0 Å². The molecule has 2 aromatic carbocycles. The summed E-state index contributed by atoms with van der Waals surface area (Å²) >= 11 is 1.49. The predicted octanol–water partition coefficient (Wildman–Crippen LogP) is 4.92. The first kappa shape index (κ1) is 21.3. The second-order valence-electron chi connectivity index (χ2n) is 6.65. The first-order valence-electron chi connectivity index (χ1n) is 9.12. The number of hydrogen-bond acceptors (Lipinski definition) is 4. The van der Waals surface area contributed by atoms with E-state index < -0.39 is 0 Å². The Hall–Kier alpha value is -3.45. The van der Waals surface area contributed by atoms with Crippen molar-refractivity contribution in [3.05, 3.63) is 76.9 Å². The van der Waals surface area contributed by atoms with Gasteiger partial charge >= 0.3 is 0 Å². The quantitative estimate of drug-likeness (QED) is 0.572. The van der Waals surface area contributed by atoms with Crippen LogP contribution in [-0.2, 0) is 4.79 Å². The number of ether oxygens (including phenoxy) is 1. The third-order valence-electron chi connectivity index (χ3n) is 4.26. The summed E-state index contributed by atoms with van der Waals surface area (Å²) in [5, 5.41) is 2.75. The van der Waals surface area contributed by atoms with E-state index in [2.05, 4.69) is 5.32 Å². The van der Waals surface area contributed by atoms with Gasteiger partial charge in [0.05, 0.1) is 12.8 Å². The molecule has 0 saturated heterocycles. The summed E-state index contributed by atoms with van der Waals surface area (Å²) in [7, 11) is 4.82. The number of hydrogen-bond donors (Lipinski definition) is 1. The Labute approximate surface area is 178 Å². The summed E-state index contributed by atoms with van der Waals surface area (Å²) in [5.74, 6) is -0.337. The number of rotatable bonds is 6. The third-order valence-corrected chi connectivity index (χ3v) is 5.36. The maximum Gasteiger partial charge on any atom is 0.253 e. The van der Waals surface area contributed by atoms with Crippen LogP contribution in [0.25, 0.3) is 16.5 Å². The average molecular weight is 424 g/mol. The molecule has 0 radical (unpaired) electrons. The lowest BCUT2D eigenvalue weighted by molar-refractivity contribution is -0.111. The molecule has 1 heterocycles. The second-order valence-corrected chi connectivity index (χ2v) is 7.76. The van der Waals surface area contributed by atoms with Gasteiger partial charge in [-0.3, -0.25) is 9.59 Å². The van der Waals surface area contributed by atoms with Crippen molar-refractivity contribution in [1.82, 2.24) is 4.90 Å². The lowest BCUT2D eigenvalue weighted by Crippen LogP contribution is -2.22. The Morgan fingerprint density at radius 3 is 2.47 bits per heavy atom. The number of carbonyl (C=O) groups is 2. The molecule has 2 amide bonds. The minimum absolute atomic E-state index is 0.171. The normalized spacial score (nSPS) is 10.8. The Kier molecular flexibility index (Phi) is 6.64. The SMILES string of the molecule is COc1ccc(C(=O)N(C)C)cc1NC(=O)C=Cc1ccc(-c2ccc(F)cc2)s1. The molecule has 30 heavy (non-hydrogen) atoms. The van der Waals surface area contributed by atoms with Crippen molar-refractivity contribution < 1.29 is 18.7 Å². The lowest BCUT2D eigenvalue weighted by atomic mass is 10.1. The average Bonchev–Trinajstić information content (AvgIpc) is 3.21. The fourth-order valence-corrected chi connectivity index (χ4v) is 3.66. The minimum atomic E-state index is -0.348. The van der Waals surface area contributed by atoms with Crippen LogP contribution in [0.1, 0.15) is 15.2 Å².